The van der Waals surface area contributed by atoms with E-state index in [0.29, 0.717) is 13.1 Å². The van der Waals surface area contributed by atoms with Crippen LogP contribution in [0.2, 0.25) is 0 Å². The maximum Gasteiger partial charge on any atom is 0.274 e. The van der Waals surface area contributed by atoms with Crippen molar-refractivity contribution in [2.24, 2.45) is 0 Å². The summed E-state index contributed by atoms with van der Waals surface area (Å²) in [6.07, 6.45) is 11.0. The SMILES string of the molecule is Cc1ccc(CNC(=O)[C@]2(C)Cn3cnc(C(=O)NCCC4=CCCCC4)c3C(=O)N2C2CC2)cc1. The number of carbonyl (C=O) groups excluding carboxylic acids is 3. The van der Waals surface area contributed by atoms with E-state index in [2.05, 4.69) is 21.7 Å². The highest BCUT2D eigenvalue weighted by Crippen LogP contribution is 2.38. The molecule has 2 aliphatic carbocycles. The molecule has 8 heteroatoms. The van der Waals surface area contributed by atoms with Crippen LogP contribution >= 0.6 is 0 Å². The van der Waals surface area contributed by atoms with Crippen molar-refractivity contribution in [2.45, 2.75) is 83.5 Å². The summed E-state index contributed by atoms with van der Waals surface area (Å²) in [7, 11) is 0. The van der Waals surface area contributed by atoms with Gasteiger partial charge in [-0.3, -0.25) is 14.4 Å². The van der Waals surface area contributed by atoms with E-state index >= 15 is 0 Å². The maximum atomic E-state index is 13.7. The van der Waals surface area contributed by atoms with Gasteiger partial charge in [0.15, 0.2) is 5.69 Å². The van der Waals surface area contributed by atoms with Crippen LogP contribution in [0.15, 0.2) is 42.2 Å². The quantitative estimate of drug-likeness (QED) is 0.555. The highest BCUT2D eigenvalue weighted by atomic mass is 16.2. The van der Waals surface area contributed by atoms with Gasteiger partial charge < -0.3 is 20.1 Å². The zero-order chi connectivity index (χ0) is 25.3. The van der Waals surface area contributed by atoms with Gasteiger partial charge in [0.1, 0.15) is 11.2 Å². The molecule has 0 radical (unpaired) electrons. The number of benzene rings is 1. The second kappa shape index (κ2) is 9.91. The van der Waals surface area contributed by atoms with E-state index in [9.17, 15) is 14.4 Å². The van der Waals surface area contributed by atoms with Crippen molar-refractivity contribution in [2.75, 3.05) is 6.54 Å². The second-order valence-electron chi connectivity index (χ2n) is 10.5. The number of carbonyl (C=O) groups is 3. The van der Waals surface area contributed by atoms with E-state index in [1.165, 1.54) is 24.7 Å². The molecule has 3 amide bonds. The molecule has 2 N–H and O–H groups in total. The van der Waals surface area contributed by atoms with E-state index in [-0.39, 0.29) is 41.7 Å². The fourth-order valence-electron chi connectivity index (χ4n) is 5.35. The van der Waals surface area contributed by atoms with Gasteiger partial charge in [-0.15, -0.1) is 0 Å². The minimum absolute atomic E-state index is 0.00502. The van der Waals surface area contributed by atoms with Gasteiger partial charge in [0, 0.05) is 19.1 Å². The van der Waals surface area contributed by atoms with E-state index in [1.807, 2.05) is 38.1 Å². The molecule has 1 atom stereocenters. The lowest BCUT2D eigenvalue weighted by molar-refractivity contribution is -0.133. The lowest BCUT2D eigenvalue weighted by atomic mass is 9.93. The highest BCUT2D eigenvalue weighted by Gasteiger charge is 2.53. The van der Waals surface area contributed by atoms with Gasteiger partial charge in [-0.25, -0.2) is 4.98 Å². The predicted octanol–water partition coefficient (Wildman–Crippen LogP) is 3.51. The molecule has 1 aromatic heterocycles. The van der Waals surface area contributed by atoms with Crippen molar-refractivity contribution < 1.29 is 14.4 Å². The molecule has 2 heterocycles. The lowest BCUT2D eigenvalue weighted by Crippen LogP contribution is -2.64. The Hall–Kier alpha value is -3.42. The Morgan fingerprint density at radius 2 is 1.92 bits per heavy atom. The number of amides is 3. The van der Waals surface area contributed by atoms with Gasteiger partial charge in [0.25, 0.3) is 11.8 Å². The van der Waals surface area contributed by atoms with Crippen molar-refractivity contribution >= 4 is 17.7 Å². The molecule has 190 valence electrons. The number of hydrogen-bond donors (Lipinski definition) is 2. The third-order valence-corrected chi connectivity index (χ3v) is 7.58. The van der Waals surface area contributed by atoms with Crippen LogP contribution in [0.1, 0.15) is 84.0 Å². The van der Waals surface area contributed by atoms with Crippen molar-refractivity contribution in [1.82, 2.24) is 25.1 Å². The molecule has 1 fully saturated rings. The molecule has 2 aromatic rings. The molecule has 1 saturated carbocycles. The van der Waals surface area contributed by atoms with Gasteiger partial charge in [0.2, 0.25) is 5.91 Å². The van der Waals surface area contributed by atoms with Crippen LogP contribution < -0.4 is 10.6 Å². The summed E-state index contributed by atoms with van der Waals surface area (Å²) in [6.45, 7) is 5.01. The van der Waals surface area contributed by atoms with Crippen molar-refractivity contribution in [3.05, 3.63) is 64.8 Å². The number of allylic oxidation sites excluding steroid dienone is 1. The van der Waals surface area contributed by atoms with Crippen molar-refractivity contribution in [3.8, 4) is 0 Å². The van der Waals surface area contributed by atoms with Gasteiger partial charge in [0.05, 0.1) is 12.9 Å². The first-order chi connectivity index (χ1) is 17.4. The third kappa shape index (κ3) is 4.81. The van der Waals surface area contributed by atoms with Gasteiger partial charge in [-0.2, -0.15) is 0 Å². The van der Waals surface area contributed by atoms with Crippen LogP contribution in [-0.2, 0) is 17.9 Å². The van der Waals surface area contributed by atoms with Crippen LogP contribution in [0.4, 0.5) is 0 Å². The molecule has 8 nitrogen and oxygen atoms in total. The molecular formula is C28H35N5O3. The minimum atomic E-state index is -1.06. The molecule has 0 spiro atoms. The standard InChI is InChI=1S/C28H35N5O3/c1-19-8-10-21(11-9-19)16-30-27(36)28(2)17-32-18-31-23(24(32)26(35)33(28)22-12-13-22)25(34)29-15-14-20-6-4-3-5-7-20/h6,8-11,18,22H,3-5,7,12-17H2,1-2H3,(H,29,34)(H,30,36)/t28-/m0/s1. The molecule has 1 aromatic carbocycles. The Bertz CT molecular complexity index is 1190. The molecule has 0 unspecified atom stereocenters. The van der Waals surface area contributed by atoms with Gasteiger partial charge >= 0.3 is 0 Å². The van der Waals surface area contributed by atoms with E-state index < -0.39 is 5.54 Å². The molecule has 5 rings (SSSR count). The molecule has 1 aliphatic heterocycles. The Morgan fingerprint density at radius 3 is 2.61 bits per heavy atom. The van der Waals surface area contributed by atoms with Crippen LogP contribution in [0.25, 0.3) is 0 Å². The maximum absolute atomic E-state index is 13.7. The minimum Gasteiger partial charge on any atom is -0.350 e. The number of hydrogen-bond acceptors (Lipinski definition) is 4. The molecule has 36 heavy (non-hydrogen) atoms. The number of imidazole rings is 1. The number of nitrogens with one attached hydrogen (secondary N) is 2. The summed E-state index contributed by atoms with van der Waals surface area (Å²) in [4.78, 5) is 46.2. The lowest BCUT2D eigenvalue weighted by Gasteiger charge is -2.44. The summed E-state index contributed by atoms with van der Waals surface area (Å²) in [5.41, 5.74) is 2.91. The number of nitrogens with zero attached hydrogens (tertiary/aromatic N) is 3. The van der Waals surface area contributed by atoms with Crippen LogP contribution in [0.3, 0.4) is 0 Å². The predicted molar refractivity (Wildman–Crippen MR) is 136 cm³/mol. The zero-order valence-electron chi connectivity index (χ0n) is 21.2. The van der Waals surface area contributed by atoms with Crippen LogP contribution in [0.5, 0.6) is 0 Å². The molecule has 3 aliphatic rings. The normalized spacial score (nSPS) is 21.6. The summed E-state index contributed by atoms with van der Waals surface area (Å²) in [5.74, 6) is -0.833. The Balaban J connectivity index is 1.31. The first-order valence-electron chi connectivity index (χ1n) is 13.1. The Morgan fingerprint density at radius 1 is 1.14 bits per heavy atom. The topological polar surface area (TPSA) is 96.3 Å². The second-order valence-corrected chi connectivity index (χ2v) is 10.5. The van der Waals surface area contributed by atoms with Gasteiger partial charge in [-0.1, -0.05) is 41.5 Å². The fraction of sp³-hybridized carbons (Fsp3) is 0.500. The molecule has 0 bridgehead atoms. The smallest absolute Gasteiger partial charge is 0.274 e. The van der Waals surface area contributed by atoms with Crippen molar-refractivity contribution in [3.63, 3.8) is 0 Å². The highest BCUT2D eigenvalue weighted by molar-refractivity contribution is 6.07. The number of rotatable bonds is 8. The average Bonchev–Trinajstić information content (AvgIpc) is 3.61. The summed E-state index contributed by atoms with van der Waals surface area (Å²) in [6, 6.07) is 8.02. The summed E-state index contributed by atoms with van der Waals surface area (Å²) >= 11 is 0. The molecular weight excluding hydrogens is 454 g/mol. The van der Waals surface area contributed by atoms with E-state index in [4.69, 9.17) is 0 Å². The first-order valence-corrected chi connectivity index (χ1v) is 13.1. The van der Waals surface area contributed by atoms with Gasteiger partial charge in [-0.05, 0) is 64.4 Å². The van der Waals surface area contributed by atoms with Crippen molar-refractivity contribution in [1.29, 1.82) is 0 Å². The molecule has 0 saturated heterocycles. The van der Waals surface area contributed by atoms with Crippen LogP contribution in [0, 0.1) is 6.92 Å². The van der Waals surface area contributed by atoms with E-state index in [0.717, 1.165) is 43.2 Å². The number of fused-ring (bicyclic) bond motifs is 1. The summed E-state index contributed by atoms with van der Waals surface area (Å²) in [5, 5.41) is 5.97. The zero-order valence-corrected chi connectivity index (χ0v) is 21.2. The number of aromatic nitrogens is 2. The first kappa shape index (κ1) is 24.3. The average molecular weight is 490 g/mol. The summed E-state index contributed by atoms with van der Waals surface area (Å²) < 4.78 is 1.67. The Labute approximate surface area is 212 Å². The number of aryl methyl sites for hydroxylation is 1. The van der Waals surface area contributed by atoms with Crippen LogP contribution in [-0.4, -0.2) is 50.3 Å². The largest absolute Gasteiger partial charge is 0.350 e. The van der Waals surface area contributed by atoms with E-state index in [1.54, 1.807) is 9.47 Å². The monoisotopic (exact) mass is 489 g/mol. The fourth-order valence-corrected chi connectivity index (χ4v) is 5.35. The third-order valence-electron chi connectivity index (χ3n) is 7.58. The Kier molecular flexibility index (Phi) is 6.69.